The molecule has 0 bridgehead atoms. The van der Waals surface area contributed by atoms with Gasteiger partial charge in [-0.05, 0) is 19.1 Å². The molecule has 0 heterocycles. The van der Waals surface area contributed by atoms with E-state index in [2.05, 4.69) is 15.0 Å². The van der Waals surface area contributed by atoms with E-state index in [1.165, 1.54) is 14.0 Å². The first-order valence-electron chi connectivity index (χ1n) is 4.69. The number of benzene rings is 1. The largest absolute Gasteiger partial charge is 0.467 e. The standard InChI is InChI=1S/C11H12N2O3/c1-8(14)10(11(15)16-2)13-12-9-6-4-3-5-7-9/h3-7,10H,1-2H3. The number of ether oxygens (including phenoxy) is 1. The summed E-state index contributed by atoms with van der Waals surface area (Å²) < 4.78 is 4.45. The van der Waals surface area contributed by atoms with E-state index in [0.717, 1.165) is 0 Å². The van der Waals surface area contributed by atoms with Crippen molar-refractivity contribution in [1.82, 2.24) is 0 Å². The second-order valence-corrected chi connectivity index (χ2v) is 3.09. The third-order valence-electron chi connectivity index (χ3n) is 1.85. The average Bonchev–Trinajstić information content (AvgIpc) is 2.30. The second kappa shape index (κ2) is 5.75. The van der Waals surface area contributed by atoms with Crippen molar-refractivity contribution in [3.05, 3.63) is 30.3 Å². The topological polar surface area (TPSA) is 68.1 Å². The summed E-state index contributed by atoms with van der Waals surface area (Å²) in [6.07, 6.45) is 0. The minimum absolute atomic E-state index is 0.397. The number of methoxy groups -OCH3 is 1. The summed E-state index contributed by atoms with van der Waals surface area (Å²) in [4.78, 5) is 22.3. The number of ketones is 1. The van der Waals surface area contributed by atoms with Gasteiger partial charge in [0.25, 0.3) is 0 Å². The number of carbonyl (C=O) groups excluding carboxylic acids is 2. The van der Waals surface area contributed by atoms with E-state index >= 15 is 0 Å². The van der Waals surface area contributed by atoms with Crippen molar-refractivity contribution in [2.24, 2.45) is 10.2 Å². The van der Waals surface area contributed by atoms with Gasteiger partial charge >= 0.3 is 5.97 Å². The number of carbonyl (C=O) groups is 2. The Bertz CT molecular complexity index is 401. The smallest absolute Gasteiger partial charge is 0.340 e. The van der Waals surface area contributed by atoms with Gasteiger partial charge in [0.2, 0.25) is 6.04 Å². The Kier molecular flexibility index (Phi) is 4.32. The maximum atomic E-state index is 11.2. The van der Waals surface area contributed by atoms with Crippen molar-refractivity contribution in [2.45, 2.75) is 13.0 Å². The van der Waals surface area contributed by atoms with E-state index in [1.54, 1.807) is 24.3 Å². The van der Waals surface area contributed by atoms with Crippen LogP contribution in [-0.2, 0) is 14.3 Å². The van der Waals surface area contributed by atoms with Gasteiger partial charge in [-0.1, -0.05) is 18.2 Å². The molecule has 0 aromatic heterocycles. The van der Waals surface area contributed by atoms with Gasteiger partial charge in [-0.15, -0.1) is 0 Å². The first-order valence-corrected chi connectivity index (χ1v) is 4.69. The maximum absolute atomic E-state index is 11.2. The monoisotopic (exact) mass is 220 g/mol. The van der Waals surface area contributed by atoms with Crippen molar-refractivity contribution in [3.63, 3.8) is 0 Å². The lowest BCUT2D eigenvalue weighted by atomic mass is 10.2. The molecule has 84 valence electrons. The van der Waals surface area contributed by atoms with E-state index in [-0.39, 0.29) is 0 Å². The van der Waals surface area contributed by atoms with Gasteiger partial charge in [0.15, 0.2) is 5.78 Å². The summed E-state index contributed by atoms with van der Waals surface area (Å²) in [6, 6.07) is 7.67. The molecule has 1 atom stereocenters. The highest BCUT2D eigenvalue weighted by molar-refractivity contribution is 6.01. The number of esters is 1. The van der Waals surface area contributed by atoms with Crippen LogP contribution < -0.4 is 0 Å². The number of azo groups is 1. The molecule has 0 saturated heterocycles. The quantitative estimate of drug-likeness (QED) is 0.442. The van der Waals surface area contributed by atoms with Crippen LogP contribution >= 0.6 is 0 Å². The van der Waals surface area contributed by atoms with Crippen LogP contribution in [-0.4, -0.2) is 24.9 Å². The molecule has 0 spiro atoms. The van der Waals surface area contributed by atoms with Crippen LogP contribution in [0.3, 0.4) is 0 Å². The van der Waals surface area contributed by atoms with Gasteiger partial charge in [0, 0.05) is 0 Å². The van der Waals surface area contributed by atoms with E-state index in [4.69, 9.17) is 0 Å². The van der Waals surface area contributed by atoms with Gasteiger partial charge in [0.05, 0.1) is 12.8 Å². The molecule has 0 N–H and O–H groups in total. The third kappa shape index (κ3) is 3.27. The summed E-state index contributed by atoms with van der Waals surface area (Å²) >= 11 is 0. The summed E-state index contributed by atoms with van der Waals surface area (Å²) in [5.41, 5.74) is 0.581. The molecule has 5 nitrogen and oxygen atoms in total. The van der Waals surface area contributed by atoms with Crippen LogP contribution in [0.5, 0.6) is 0 Å². The molecular weight excluding hydrogens is 208 g/mol. The van der Waals surface area contributed by atoms with Crippen molar-refractivity contribution >= 4 is 17.4 Å². The molecule has 1 unspecified atom stereocenters. The fourth-order valence-electron chi connectivity index (χ4n) is 1.03. The first-order chi connectivity index (χ1) is 7.65. The predicted octanol–water partition coefficient (Wildman–Crippen LogP) is 1.90. The highest BCUT2D eigenvalue weighted by Gasteiger charge is 2.23. The van der Waals surface area contributed by atoms with Crippen LogP contribution in [0.1, 0.15) is 6.92 Å². The van der Waals surface area contributed by atoms with Gasteiger partial charge in [-0.3, -0.25) is 4.79 Å². The highest BCUT2D eigenvalue weighted by Crippen LogP contribution is 2.11. The number of nitrogens with zero attached hydrogens (tertiary/aromatic N) is 2. The van der Waals surface area contributed by atoms with Crippen molar-refractivity contribution < 1.29 is 14.3 Å². The Morgan fingerprint density at radius 2 is 1.88 bits per heavy atom. The number of hydrogen-bond donors (Lipinski definition) is 0. The Morgan fingerprint density at radius 3 is 2.38 bits per heavy atom. The van der Waals surface area contributed by atoms with Crippen molar-refractivity contribution in [1.29, 1.82) is 0 Å². The zero-order valence-corrected chi connectivity index (χ0v) is 9.08. The Hall–Kier alpha value is -2.04. The van der Waals surface area contributed by atoms with Crippen LogP contribution in [0, 0.1) is 0 Å². The molecule has 0 aliphatic carbocycles. The van der Waals surface area contributed by atoms with E-state index in [9.17, 15) is 9.59 Å². The Labute approximate surface area is 93.1 Å². The summed E-state index contributed by atoms with van der Waals surface area (Å²) in [6.45, 7) is 1.27. The van der Waals surface area contributed by atoms with Crippen molar-refractivity contribution in [3.8, 4) is 0 Å². The summed E-state index contributed by atoms with van der Waals surface area (Å²) in [5.74, 6) is -1.10. The second-order valence-electron chi connectivity index (χ2n) is 3.09. The molecule has 0 saturated carbocycles. The molecule has 16 heavy (non-hydrogen) atoms. The lowest BCUT2D eigenvalue weighted by Gasteiger charge is -2.03. The summed E-state index contributed by atoms with van der Waals surface area (Å²) in [7, 11) is 1.20. The van der Waals surface area contributed by atoms with E-state index < -0.39 is 17.8 Å². The van der Waals surface area contributed by atoms with Gasteiger partial charge in [0.1, 0.15) is 0 Å². The normalized spacial score (nSPS) is 12.4. The van der Waals surface area contributed by atoms with Gasteiger partial charge in [-0.2, -0.15) is 10.2 Å². The lowest BCUT2D eigenvalue weighted by molar-refractivity contribution is -0.144. The molecular formula is C11H12N2O3. The Balaban J connectivity index is 2.80. The maximum Gasteiger partial charge on any atom is 0.340 e. The van der Waals surface area contributed by atoms with E-state index in [1.807, 2.05) is 6.07 Å². The SMILES string of the molecule is COC(=O)C(N=Nc1ccccc1)C(C)=O. The van der Waals surface area contributed by atoms with Gasteiger partial charge in [-0.25, -0.2) is 4.79 Å². The molecule has 1 aromatic carbocycles. The molecule has 1 aromatic rings. The molecule has 5 heteroatoms. The van der Waals surface area contributed by atoms with Gasteiger partial charge < -0.3 is 4.74 Å². The minimum Gasteiger partial charge on any atom is -0.467 e. The third-order valence-corrected chi connectivity index (χ3v) is 1.85. The molecule has 0 aliphatic heterocycles. The molecule has 0 radical (unpaired) electrons. The van der Waals surface area contributed by atoms with Crippen LogP contribution in [0.15, 0.2) is 40.6 Å². The predicted molar refractivity (Wildman–Crippen MR) is 57.4 cm³/mol. The zero-order chi connectivity index (χ0) is 12.0. The minimum atomic E-state index is -1.18. The fraction of sp³-hybridized carbons (Fsp3) is 0.273. The Morgan fingerprint density at radius 1 is 1.25 bits per heavy atom. The molecule has 1 rings (SSSR count). The molecule has 0 aliphatic rings. The van der Waals surface area contributed by atoms with E-state index in [0.29, 0.717) is 5.69 Å². The number of rotatable bonds is 4. The lowest BCUT2D eigenvalue weighted by Crippen LogP contribution is -2.26. The average molecular weight is 220 g/mol. The molecule has 0 fully saturated rings. The summed E-state index contributed by atoms with van der Waals surface area (Å²) in [5, 5.41) is 7.47. The van der Waals surface area contributed by atoms with Crippen LogP contribution in [0.25, 0.3) is 0 Å². The zero-order valence-electron chi connectivity index (χ0n) is 9.08. The fourth-order valence-corrected chi connectivity index (χ4v) is 1.03. The highest BCUT2D eigenvalue weighted by atomic mass is 16.5. The number of hydrogen-bond acceptors (Lipinski definition) is 5. The first kappa shape index (κ1) is 12.0. The van der Waals surface area contributed by atoms with Crippen molar-refractivity contribution in [2.75, 3.05) is 7.11 Å². The molecule has 0 amide bonds. The van der Waals surface area contributed by atoms with Crippen LogP contribution in [0.2, 0.25) is 0 Å². The number of Topliss-reactive ketones (excluding diaryl/α,β-unsaturated/α-hetero) is 1. The van der Waals surface area contributed by atoms with Crippen LogP contribution in [0.4, 0.5) is 5.69 Å².